The smallest absolute Gasteiger partial charge is 0.303 e. The van der Waals surface area contributed by atoms with Gasteiger partial charge >= 0.3 is 5.97 Å². The lowest BCUT2D eigenvalue weighted by atomic mass is 9.69. The van der Waals surface area contributed by atoms with E-state index in [-0.39, 0.29) is 11.7 Å². The highest BCUT2D eigenvalue weighted by atomic mass is 16.4. The third-order valence-corrected chi connectivity index (χ3v) is 1.09. The maximum absolute atomic E-state index is 10.0. The fourth-order valence-corrected chi connectivity index (χ4v) is 0.482. The molecule has 0 fully saturated rings. The number of hydrogen-bond acceptors (Lipinski definition) is 1. The SMILES string of the molecule is BC(C)(C)CCC(=O)O. The Morgan fingerprint density at radius 1 is 1.67 bits per heavy atom. The number of carboxylic acids is 1. The van der Waals surface area contributed by atoms with E-state index in [9.17, 15) is 4.79 Å². The van der Waals surface area contributed by atoms with Gasteiger partial charge in [0.25, 0.3) is 0 Å². The fraction of sp³-hybridized carbons (Fsp3) is 0.833. The minimum atomic E-state index is -0.704. The molecule has 0 radical (unpaired) electrons. The topological polar surface area (TPSA) is 37.3 Å². The molecule has 3 heteroatoms. The van der Waals surface area contributed by atoms with E-state index in [1.807, 2.05) is 21.7 Å². The highest BCUT2D eigenvalue weighted by molar-refractivity contribution is 6.14. The summed E-state index contributed by atoms with van der Waals surface area (Å²) in [5.41, 5.74) is 0. The summed E-state index contributed by atoms with van der Waals surface area (Å²) in [7, 11) is 2.04. The molecule has 0 spiro atoms. The van der Waals surface area contributed by atoms with Gasteiger partial charge in [-0.15, -0.1) is 0 Å². The van der Waals surface area contributed by atoms with Gasteiger partial charge in [-0.3, -0.25) is 4.79 Å². The Kier molecular flexibility index (Phi) is 2.75. The molecule has 0 rings (SSSR count). The largest absolute Gasteiger partial charge is 0.481 e. The maximum Gasteiger partial charge on any atom is 0.303 e. The van der Waals surface area contributed by atoms with Crippen molar-refractivity contribution >= 4 is 13.8 Å². The molecule has 0 amide bonds. The molecule has 0 unspecified atom stereocenters. The molecule has 0 atom stereocenters. The van der Waals surface area contributed by atoms with Crippen molar-refractivity contribution in [3.8, 4) is 0 Å². The molecule has 0 aromatic heterocycles. The van der Waals surface area contributed by atoms with Crippen molar-refractivity contribution in [3.05, 3.63) is 0 Å². The highest BCUT2D eigenvalue weighted by Gasteiger charge is 2.11. The van der Waals surface area contributed by atoms with Crippen LogP contribution in [0.3, 0.4) is 0 Å². The van der Waals surface area contributed by atoms with Gasteiger partial charge in [-0.2, -0.15) is 0 Å². The molecule has 0 aliphatic carbocycles. The van der Waals surface area contributed by atoms with Crippen LogP contribution in [0, 0.1) is 0 Å². The highest BCUT2D eigenvalue weighted by Crippen LogP contribution is 2.24. The zero-order chi connectivity index (χ0) is 7.49. The van der Waals surface area contributed by atoms with E-state index in [1.165, 1.54) is 0 Å². The summed E-state index contributed by atoms with van der Waals surface area (Å²) in [6.45, 7) is 4.08. The lowest BCUT2D eigenvalue weighted by Crippen LogP contribution is -2.05. The summed E-state index contributed by atoms with van der Waals surface area (Å²) in [4.78, 5) is 10.0. The third kappa shape index (κ3) is 7.53. The second kappa shape index (κ2) is 2.90. The van der Waals surface area contributed by atoms with E-state index in [0.717, 1.165) is 6.42 Å². The minimum absolute atomic E-state index is 0.151. The van der Waals surface area contributed by atoms with Gasteiger partial charge in [0.05, 0.1) is 0 Å². The fourth-order valence-electron chi connectivity index (χ4n) is 0.482. The first-order chi connectivity index (χ1) is 3.92. The first-order valence-corrected chi connectivity index (χ1v) is 3.13. The summed E-state index contributed by atoms with van der Waals surface area (Å²) in [5.74, 6) is -0.704. The van der Waals surface area contributed by atoms with Crippen molar-refractivity contribution in [3.63, 3.8) is 0 Å². The van der Waals surface area contributed by atoms with Gasteiger partial charge < -0.3 is 5.11 Å². The van der Waals surface area contributed by atoms with Crippen molar-refractivity contribution < 1.29 is 9.90 Å². The van der Waals surface area contributed by atoms with Crippen LogP contribution in [-0.4, -0.2) is 18.9 Å². The lowest BCUT2D eigenvalue weighted by Gasteiger charge is -2.15. The maximum atomic E-state index is 10.0. The van der Waals surface area contributed by atoms with E-state index < -0.39 is 5.97 Å². The van der Waals surface area contributed by atoms with Gasteiger partial charge in [0.2, 0.25) is 0 Å². The quantitative estimate of drug-likeness (QED) is 0.567. The van der Waals surface area contributed by atoms with Gasteiger partial charge in [0, 0.05) is 6.42 Å². The molecule has 0 aromatic carbocycles. The van der Waals surface area contributed by atoms with Gasteiger partial charge in [0.1, 0.15) is 7.85 Å². The molecule has 0 bridgehead atoms. The van der Waals surface area contributed by atoms with E-state index in [2.05, 4.69) is 0 Å². The van der Waals surface area contributed by atoms with Crippen molar-refractivity contribution in [1.29, 1.82) is 0 Å². The van der Waals surface area contributed by atoms with Crippen molar-refractivity contribution in [2.24, 2.45) is 0 Å². The molecule has 0 aliphatic rings. The molecule has 0 saturated carbocycles. The summed E-state index contributed by atoms with van der Waals surface area (Å²) in [6, 6.07) is 0. The Morgan fingerprint density at radius 2 is 2.11 bits per heavy atom. The Labute approximate surface area is 56.7 Å². The number of rotatable bonds is 3. The lowest BCUT2D eigenvalue weighted by molar-refractivity contribution is -0.137. The second-order valence-corrected chi connectivity index (χ2v) is 3.45. The summed E-state index contributed by atoms with van der Waals surface area (Å²) in [6.07, 6.45) is 1.03. The Morgan fingerprint density at radius 3 is 2.22 bits per heavy atom. The van der Waals surface area contributed by atoms with Crippen LogP contribution in [0.1, 0.15) is 26.7 Å². The van der Waals surface area contributed by atoms with Crippen molar-refractivity contribution in [2.45, 2.75) is 32.0 Å². The van der Waals surface area contributed by atoms with Gasteiger partial charge in [-0.25, -0.2) is 0 Å². The first-order valence-electron chi connectivity index (χ1n) is 3.13. The van der Waals surface area contributed by atoms with Gasteiger partial charge in [-0.1, -0.05) is 19.2 Å². The number of hydrogen-bond donors (Lipinski definition) is 1. The average Bonchev–Trinajstić information content (AvgIpc) is 1.59. The zero-order valence-corrected chi connectivity index (χ0v) is 6.27. The van der Waals surface area contributed by atoms with Crippen LogP contribution < -0.4 is 0 Å². The molecular weight excluding hydrogens is 115 g/mol. The normalized spacial score (nSPS) is 11.3. The van der Waals surface area contributed by atoms with Crippen LogP contribution >= 0.6 is 0 Å². The zero-order valence-electron chi connectivity index (χ0n) is 6.27. The van der Waals surface area contributed by atoms with E-state index in [0.29, 0.717) is 0 Å². The minimum Gasteiger partial charge on any atom is -0.481 e. The summed E-state index contributed by atoms with van der Waals surface area (Å²) < 4.78 is 0. The molecule has 0 heterocycles. The summed E-state index contributed by atoms with van der Waals surface area (Å²) >= 11 is 0. The van der Waals surface area contributed by atoms with Crippen LogP contribution in [0.4, 0.5) is 0 Å². The molecule has 9 heavy (non-hydrogen) atoms. The predicted molar refractivity (Wildman–Crippen MR) is 39.5 cm³/mol. The third-order valence-electron chi connectivity index (χ3n) is 1.09. The number of carbonyl (C=O) groups is 1. The van der Waals surface area contributed by atoms with Crippen LogP contribution in [0.15, 0.2) is 0 Å². The van der Waals surface area contributed by atoms with Gasteiger partial charge in [-0.05, 0) is 6.42 Å². The second-order valence-electron chi connectivity index (χ2n) is 3.45. The molecule has 1 N–H and O–H groups in total. The van der Waals surface area contributed by atoms with E-state index in [4.69, 9.17) is 5.11 Å². The van der Waals surface area contributed by atoms with Crippen LogP contribution in [0.2, 0.25) is 5.31 Å². The Bertz CT molecular complexity index is 104. The van der Waals surface area contributed by atoms with Crippen LogP contribution in [0.5, 0.6) is 0 Å². The summed E-state index contributed by atoms with van der Waals surface area (Å²) in [5, 5.41) is 8.43. The molecule has 52 valence electrons. The standard InChI is InChI=1S/C6H13BO2/c1-6(2,7)4-3-5(8)9/h3-4,7H2,1-2H3,(H,8,9). The van der Waals surface area contributed by atoms with Gasteiger partial charge in [0.15, 0.2) is 0 Å². The van der Waals surface area contributed by atoms with E-state index >= 15 is 0 Å². The Balaban J connectivity index is 3.39. The van der Waals surface area contributed by atoms with Crippen LogP contribution in [-0.2, 0) is 4.79 Å². The first kappa shape index (κ1) is 8.53. The van der Waals surface area contributed by atoms with Crippen molar-refractivity contribution in [1.82, 2.24) is 0 Å². The molecule has 2 nitrogen and oxygen atoms in total. The average molecular weight is 128 g/mol. The molecular formula is C6H13BO2. The molecule has 0 aliphatic heterocycles. The number of aliphatic carboxylic acids is 1. The van der Waals surface area contributed by atoms with E-state index in [1.54, 1.807) is 0 Å². The van der Waals surface area contributed by atoms with Crippen molar-refractivity contribution in [2.75, 3.05) is 0 Å². The molecule has 0 aromatic rings. The monoisotopic (exact) mass is 128 g/mol. The number of carboxylic acid groups (broad SMARTS) is 1. The van der Waals surface area contributed by atoms with Crippen LogP contribution in [0.25, 0.3) is 0 Å². The predicted octanol–water partition coefficient (Wildman–Crippen LogP) is 0.683. The Hall–Kier alpha value is -0.465. The molecule has 0 saturated heterocycles.